The number of rotatable bonds is 2. The second-order valence-corrected chi connectivity index (χ2v) is 3.61. The first-order valence-corrected chi connectivity index (χ1v) is 5.20. The molecule has 0 unspecified atom stereocenters. The molecule has 0 radical (unpaired) electrons. The SMILES string of the molecule is CCC1=CC(=N)CC=C1c1ccncc1. The Hall–Kier alpha value is -1.70. The highest BCUT2D eigenvalue weighted by molar-refractivity contribution is 6.01. The molecule has 1 N–H and O–H groups in total. The second-order valence-electron chi connectivity index (χ2n) is 3.61. The number of nitrogens with one attached hydrogen (secondary N) is 1. The van der Waals surface area contributed by atoms with E-state index in [1.807, 2.05) is 30.6 Å². The first-order chi connectivity index (χ1) is 7.31. The lowest BCUT2D eigenvalue weighted by Gasteiger charge is -2.15. The van der Waals surface area contributed by atoms with Gasteiger partial charge in [0.15, 0.2) is 0 Å². The van der Waals surface area contributed by atoms with Crippen molar-refractivity contribution in [1.29, 1.82) is 5.41 Å². The van der Waals surface area contributed by atoms with Crippen molar-refractivity contribution in [3.8, 4) is 0 Å². The smallest absolute Gasteiger partial charge is 0.0354 e. The minimum absolute atomic E-state index is 0.699. The predicted octanol–water partition coefficient (Wildman–Crippen LogP) is 3.22. The molecule has 0 atom stereocenters. The van der Waals surface area contributed by atoms with E-state index in [0.29, 0.717) is 5.71 Å². The Bertz CT molecular complexity index is 427. The largest absolute Gasteiger partial charge is 0.305 e. The first-order valence-electron chi connectivity index (χ1n) is 5.20. The van der Waals surface area contributed by atoms with Gasteiger partial charge >= 0.3 is 0 Å². The minimum atomic E-state index is 0.699. The third kappa shape index (κ3) is 2.04. The highest BCUT2D eigenvalue weighted by atomic mass is 14.6. The Morgan fingerprint density at radius 3 is 2.73 bits per heavy atom. The van der Waals surface area contributed by atoms with Crippen LogP contribution in [0, 0.1) is 5.41 Å². The molecule has 1 heterocycles. The number of pyridine rings is 1. The van der Waals surface area contributed by atoms with Crippen LogP contribution in [0.25, 0.3) is 5.57 Å². The van der Waals surface area contributed by atoms with Gasteiger partial charge < -0.3 is 5.41 Å². The third-order valence-corrected chi connectivity index (χ3v) is 2.59. The van der Waals surface area contributed by atoms with Gasteiger partial charge in [-0.3, -0.25) is 4.98 Å². The molecular weight excluding hydrogens is 184 g/mol. The van der Waals surface area contributed by atoms with Crippen LogP contribution < -0.4 is 0 Å². The fourth-order valence-electron chi connectivity index (χ4n) is 1.82. The van der Waals surface area contributed by atoms with Crippen molar-refractivity contribution in [1.82, 2.24) is 4.98 Å². The summed E-state index contributed by atoms with van der Waals surface area (Å²) in [7, 11) is 0. The molecule has 1 aliphatic rings. The fourth-order valence-corrected chi connectivity index (χ4v) is 1.82. The molecule has 76 valence electrons. The summed E-state index contributed by atoms with van der Waals surface area (Å²) in [4.78, 5) is 4.02. The van der Waals surface area contributed by atoms with Crippen molar-refractivity contribution in [3.63, 3.8) is 0 Å². The molecule has 0 amide bonds. The van der Waals surface area contributed by atoms with Crippen molar-refractivity contribution >= 4 is 11.3 Å². The summed E-state index contributed by atoms with van der Waals surface area (Å²) < 4.78 is 0. The van der Waals surface area contributed by atoms with E-state index in [1.54, 1.807) is 0 Å². The van der Waals surface area contributed by atoms with Crippen molar-refractivity contribution in [2.75, 3.05) is 0 Å². The molecule has 2 nitrogen and oxygen atoms in total. The van der Waals surface area contributed by atoms with Crippen LogP contribution in [0.3, 0.4) is 0 Å². The molecule has 0 bridgehead atoms. The normalized spacial score (nSPS) is 15.9. The Labute approximate surface area is 89.9 Å². The maximum Gasteiger partial charge on any atom is 0.0354 e. The van der Waals surface area contributed by atoms with E-state index in [9.17, 15) is 0 Å². The average Bonchev–Trinajstić information content (AvgIpc) is 2.30. The number of nitrogens with zero attached hydrogens (tertiary/aromatic N) is 1. The van der Waals surface area contributed by atoms with E-state index in [-0.39, 0.29) is 0 Å². The maximum atomic E-state index is 7.64. The summed E-state index contributed by atoms with van der Waals surface area (Å²) in [5.74, 6) is 0. The first kappa shape index (κ1) is 9.84. The maximum absolute atomic E-state index is 7.64. The van der Waals surface area contributed by atoms with Gasteiger partial charge in [0, 0.05) is 24.5 Å². The van der Waals surface area contributed by atoms with E-state index in [2.05, 4.69) is 18.0 Å². The van der Waals surface area contributed by atoms with E-state index in [1.165, 1.54) is 16.7 Å². The summed E-state index contributed by atoms with van der Waals surface area (Å²) in [6.07, 6.45) is 9.44. The number of hydrogen-bond acceptors (Lipinski definition) is 2. The van der Waals surface area contributed by atoms with Crippen molar-refractivity contribution in [2.24, 2.45) is 0 Å². The van der Waals surface area contributed by atoms with Crippen LogP contribution in [0.15, 0.2) is 42.3 Å². The van der Waals surface area contributed by atoms with E-state index < -0.39 is 0 Å². The Balaban J connectivity index is 2.38. The highest BCUT2D eigenvalue weighted by Gasteiger charge is 2.11. The summed E-state index contributed by atoms with van der Waals surface area (Å²) in [5.41, 5.74) is 4.41. The monoisotopic (exact) mass is 198 g/mol. The Morgan fingerprint density at radius 2 is 2.07 bits per heavy atom. The molecule has 0 aliphatic heterocycles. The lowest BCUT2D eigenvalue weighted by atomic mass is 9.90. The zero-order chi connectivity index (χ0) is 10.7. The van der Waals surface area contributed by atoms with E-state index in [0.717, 1.165) is 12.8 Å². The van der Waals surface area contributed by atoms with Gasteiger partial charge in [0.05, 0.1) is 0 Å². The molecule has 0 saturated carbocycles. The van der Waals surface area contributed by atoms with Gasteiger partial charge in [0.1, 0.15) is 0 Å². The third-order valence-electron chi connectivity index (χ3n) is 2.59. The van der Waals surface area contributed by atoms with Crippen LogP contribution in [0.2, 0.25) is 0 Å². The summed E-state index contributed by atoms with van der Waals surface area (Å²) >= 11 is 0. The summed E-state index contributed by atoms with van der Waals surface area (Å²) in [6, 6.07) is 4.04. The summed E-state index contributed by atoms with van der Waals surface area (Å²) in [6.45, 7) is 2.12. The molecule has 1 aliphatic carbocycles. The van der Waals surface area contributed by atoms with Gasteiger partial charge in [-0.25, -0.2) is 0 Å². The lowest BCUT2D eigenvalue weighted by Crippen LogP contribution is -2.01. The fraction of sp³-hybridized carbons (Fsp3) is 0.231. The van der Waals surface area contributed by atoms with Gasteiger partial charge in [0.2, 0.25) is 0 Å². The van der Waals surface area contributed by atoms with Gasteiger partial charge in [0.25, 0.3) is 0 Å². The molecule has 0 fully saturated rings. The summed E-state index contributed by atoms with van der Waals surface area (Å²) in [5, 5.41) is 7.64. The minimum Gasteiger partial charge on any atom is -0.305 e. The van der Waals surface area contributed by atoms with Crippen LogP contribution in [0.1, 0.15) is 25.3 Å². The van der Waals surface area contributed by atoms with Crippen molar-refractivity contribution < 1.29 is 0 Å². The van der Waals surface area contributed by atoms with Crippen molar-refractivity contribution in [3.05, 3.63) is 47.8 Å². The van der Waals surface area contributed by atoms with Crippen LogP contribution in [0.4, 0.5) is 0 Å². The zero-order valence-corrected chi connectivity index (χ0v) is 8.83. The topological polar surface area (TPSA) is 36.7 Å². The number of aromatic nitrogens is 1. The van der Waals surface area contributed by atoms with E-state index >= 15 is 0 Å². The zero-order valence-electron chi connectivity index (χ0n) is 8.83. The Morgan fingerprint density at radius 1 is 1.33 bits per heavy atom. The van der Waals surface area contributed by atoms with Gasteiger partial charge in [-0.05, 0) is 41.3 Å². The standard InChI is InChI=1S/C13H14N2/c1-2-10-9-12(14)3-4-13(10)11-5-7-15-8-6-11/h4-9,14H,2-3H2,1H3. The molecule has 1 aromatic heterocycles. The lowest BCUT2D eigenvalue weighted by molar-refractivity contribution is 1.14. The van der Waals surface area contributed by atoms with Gasteiger partial charge in [-0.1, -0.05) is 13.0 Å². The molecule has 0 saturated heterocycles. The number of hydrogen-bond donors (Lipinski definition) is 1. The molecule has 1 aromatic rings. The van der Waals surface area contributed by atoms with E-state index in [4.69, 9.17) is 5.41 Å². The molecule has 0 aromatic carbocycles. The van der Waals surface area contributed by atoms with Crippen LogP contribution in [-0.2, 0) is 0 Å². The average molecular weight is 198 g/mol. The molecule has 15 heavy (non-hydrogen) atoms. The second kappa shape index (κ2) is 4.22. The van der Waals surface area contributed by atoms with Crippen LogP contribution >= 0.6 is 0 Å². The van der Waals surface area contributed by atoms with Gasteiger partial charge in [-0.2, -0.15) is 0 Å². The highest BCUT2D eigenvalue weighted by Crippen LogP contribution is 2.28. The predicted molar refractivity (Wildman–Crippen MR) is 62.9 cm³/mol. The number of allylic oxidation sites excluding steroid dienone is 4. The van der Waals surface area contributed by atoms with Crippen LogP contribution in [-0.4, -0.2) is 10.7 Å². The quantitative estimate of drug-likeness (QED) is 0.778. The molecule has 2 rings (SSSR count). The van der Waals surface area contributed by atoms with Crippen molar-refractivity contribution in [2.45, 2.75) is 19.8 Å². The molecular formula is C13H14N2. The van der Waals surface area contributed by atoms with Crippen LogP contribution in [0.5, 0.6) is 0 Å². The molecule has 2 heteroatoms. The molecule has 0 spiro atoms. The Kier molecular flexibility index (Phi) is 2.77. The van der Waals surface area contributed by atoms with Gasteiger partial charge in [-0.15, -0.1) is 0 Å².